The Morgan fingerprint density at radius 1 is 1.14 bits per heavy atom. The number of amides is 1. The molecule has 6 nitrogen and oxygen atoms in total. The first kappa shape index (κ1) is 14.1. The monoisotopic (exact) mass is 297 g/mol. The molecule has 0 atom stereocenters. The fraction of sp³-hybridized carbons (Fsp3) is 0.188. The third-order valence-corrected chi connectivity index (χ3v) is 3.42. The number of nitro groups is 1. The van der Waals surface area contributed by atoms with Crippen LogP contribution in [0.2, 0.25) is 0 Å². The lowest BCUT2D eigenvalue weighted by molar-refractivity contribution is -0.383. The molecular formula is C16H15N3O3. The molecule has 22 heavy (non-hydrogen) atoms. The summed E-state index contributed by atoms with van der Waals surface area (Å²) in [5, 5.41) is 17.1. The van der Waals surface area contributed by atoms with Crippen LogP contribution in [0.25, 0.3) is 0 Å². The van der Waals surface area contributed by atoms with E-state index in [4.69, 9.17) is 0 Å². The predicted molar refractivity (Wildman–Crippen MR) is 83.3 cm³/mol. The third-order valence-electron chi connectivity index (χ3n) is 3.42. The van der Waals surface area contributed by atoms with Crippen LogP contribution in [0.15, 0.2) is 48.5 Å². The summed E-state index contributed by atoms with van der Waals surface area (Å²) in [6.07, 6.45) is 1.95. The van der Waals surface area contributed by atoms with E-state index in [2.05, 4.69) is 10.6 Å². The van der Waals surface area contributed by atoms with Gasteiger partial charge in [-0.05, 0) is 37.1 Å². The Kier molecular flexibility index (Phi) is 3.74. The number of anilines is 2. The number of carbonyl (C=O) groups is 1. The van der Waals surface area contributed by atoms with E-state index in [1.54, 1.807) is 12.1 Å². The van der Waals surface area contributed by atoms with Crippen molar-refractivity contribution in [1.29, 1.82) is 0 Å². The Morgan fingerprint density at radius 3 is 2.50 bits per heavy atom. The summed E-state index contributed by atoms with van der Waals surface area (Å²) in [5.41, 5.74) is 1.30. The van der Waals surface area contributed by atoms with Crippen molar-refractivity contribution in [3.8, 4) is 0 Å². The zero-order valence-corrected chi connectivity index (χ0v) is 11.8. The normalized spacial score (nSPS) is 13.5. The first-order valence-electron chi connectivity index (χ1n) is 7.05. The van der Waals surface area contributed by atoms with E-state index in [9.17, 15) is 14.9 Å². The SMILES string of the molecule is O=C(NC1CC1)c1ccc(Nc2ccccc2)c([N+](=O)[O-])c1. The first-order valence-corrected chi connectivity index (χ1v) is 7.05. The van der Waals surface area contributed by atoms with Gasteiger partial charge in [-0.1, -0.05) is 18.2 Å². The van der Waals surface area contributed by atoms with Crippen molar-refractivity contribution in [1.82, 2.24) is 5.32 Å². The molecule has 0 bridgehead atoms. The summed E-state index contributed by atoms with van der Waals surface area (Å²) in [6.45, 7) is 0. The summed E-state index contributed by atoms with van der Waals surface area (Å²) in [4.78, 5) is 22.8. The molecule has 0 saturated heterocycles. The van der Waals surface area contributed by atoms with Gasteiger partial charge < -0.3 is 10.6 Å². The molecule has 1 aliphatic carbocycles. The van der Waals surface area contributed by atoms with Crippen LogP contribution in [0.4, 0.5) is 17.1 Å². The molecular weight excluding hydrogens is 282 g/mol. The Bertz CT molecular complexity index is 712. The molecule has 0 spiro atoms. The van der Waals surface area contributed by atoms with Gasteiger partial charge in [0.05, 0.1) is 4.92 Å². The van der Waals surface area contributed by atoms with E-state index in [-0.39, 0.29) is 17.6 Å². The average Bonchev–Trinajstić information content (AvgIpc) is 3.32. The van der Waals surface area contributed by atoms with Crippen LogP contribution in [0, 0.1) is 10.1 Å². The predicted octanol–water partition coefficient (Wildman–Crippen LogP) is 3.23. The number of hydrogen-bond acceptors (Lipinski definition) is 4. The van der Waals surface area contributed by atoms with Gasteiger partial charge in [0.25, 0.3) is 11.6 Å². The number of carbonyl (C=O) groups excluding carboxylic acids is 1. The van der Waals surface area contributed by atoms with E-state index in [0.717, 1.165) is 18.5 Å². The second-order valence-corrected chi connectivity index (χ2v) is 5.23. The summed E-state index contributed by atoms with van der Waals surface area (Å²) in [7, 11) is 0. The van der Waals surface area contributed by atoms with Crippen LogP contribution in [0.3, 0.4) is 0 Å². The number of nitrogens with one attached hydrogen (secondary N) is 2. The van der Waals surface area contributed by atoms with E-state index in [0.29, 0.717) is 11.3 Å². The number of rotatable bonds is 5. The zero-order valence-electron chi connectivity index (χ0n) is 11.8. The van der Waals surface area contributed by atoms with Crippen molar-refractivity contribution < 1.29 is 9.72 Å². The van der Waals surface area contributed by atoms with Gasteiger partial charge in [0, 0.05) is 23.4 Å². The molecule has 112 valence electrons. The van der Waals surface area contributed by atoms with Crippen LogP contribution in [-0.2, 0) is 0 Å². The fourth-order valence-corrected chi connectivity index (χ4v) is 2.10. The van der Waals surface area contributed by atoms with Gasteiger partial charge in [-0.3, -0.25) is 14.9 Å². The van der Waals surface area contributed by atoms with Gasteiger partial charge in [0.2, 0.25) is 0 Å². The molecule has 1 saturated carbocycles. The molecule has 1 amide bonds. The number of para-hydroxylation sites is 1. The smallest absolute Gasteiger partial charge is 0.293 e. The Morgan fingerprint density at radius 2 is 1.86 bits per heavy atom. The summed E-state index contributed by atoms with van der Waals surface area (Å²) in [5.74, 6) is -0.267. The molecule has 2 N–H and O–H groups in total. The van der Waals surface area contributed by atoms with Crippen molar-refractivity contribution in [2.75, 3.05) is 5.32 Å². The van der Waals surface area contributed by atoms with Crippen molar-refractivity contribution in [3.63, 3.8) is 0 Å². The third kappa shape index (κ3) is 3.22. The highest BCUT2D eigenvalue weighted by Crippen LogP contribution is 2.29. The quantitative estimate of drug-likeness (QED) is 0.655. The van der Waals surface area contributed by atoms with Gasteiger partial charge in [0.15, 0.2) is 0 Å². The van der Waals surface area contributed by atoms with E-state index >= 15 is 0 Å². The minimum Gasteiger partial charge on any atom is -0.350 e. The molecule has 6 heteroatoms. The van der Waals surface area contributed by atoms with Crippen LogP contribution < -0.4 is 10.6 Å². The number of hydrogen-bond donors (Lipinski definition) is 2. The van der Waals surface area contributed by atoms with Crippen molar-refractivity contribution in [2.24, 2.45) is 0 Å². The number of nitro benzene ring substituents is 1. The molecule has 0 heterocycles. The van der Waals surface area contributed by atoms with Crippen LogP contribution in [-0.4, -0.2) is 16.9 Å². The van der Waals surface area contributed by atoms with Gasteiger partial charge >= 0.3 is 0 Å². The standard InChI is InChI=1S/C16H15N3O3/c20-16(18-13-7-8-13)11-6-9-14(15(10-11)19(21)22)17-12-4-2-1-3-5-12/h1-6,9-10,13,17H,7-8H2,(H,18,20). The Balaban J connectivity index is 1.86. The number of benzene rings is 2. The van der Waals surface area contributed by atoms with E-state index < -0.39 is 4.92 Å². The maximum absolute atomic E-state index is 12.0. The first-order chi connectivity index (χ1) is 10.6. The van der Waals surface area contributed by atoms with E-state index in [1.165, 1.54) is 6.07 Å². The van der Waals surface area contributed by atoms with Gasteiger partial charge in [0.1, 0.15) is 5.69 Å². The van der Waals surface area contributed by atoms with Crippen molar-refractivity contribution in [3.05, 3.63) is 64.2 Å². The molecule has 3 rings (SSSR count). The van der Waals surface area contributed by atoms with Crippen molar-refractivity contribution >= 4 is 23.0 Å². The van der Waals surface area contributed by atoms with Crippen LogP contribution in [0.1, 0.15) is 23.2 Å². The van der Waals surface area contributed by atoms with Gasteiger partial charge in [-0.2, -0.15) is 0 Å². The van der Waals surface area contributed by atoms with Gasteiger partial charge in [-0.15, -0.1) is 0 Å². The lowest BCUT2D eigenvalue weighted by atomic mass is 10.1. The highest BCUT2D eigenvalue weighted by Gasteiger charge is 2.25. The largest absolute Gasteiger partial charge is 0.350 e. The molecule has 0 aromatic heterocycles. The lowest BCUT2D eigenvalue weighted by Gasteiger charge is -2.09. The number of nitrogens with zero attached hydrogens (tertiary/aromatic N) is 1. The molecule has 1 aliphatic rings. The molecule has 0 unspecified atom stereocenters. The van der Waals surface area contributed by atoms with Gasteiger partial charge in [-0.25, -0.2) is 0 Å². The summed E-state index contributed by atoms with van der Waals surface area (Å²) >= 11 is 0. The molecule has 0 radical (unpaired) electrons. The average molecular weight is 297 g/mol. The molecule has 1 fully saturated rings. The lowest BCUT2D eigenvalue weighted by Crippen LogP contribution is -2.25. The fourth-order valence-electron chi connectivity index (χ4n) is 2.10. The van der Waals surface area contributed by atoms with Crippen LogP contribution in [0.5, 0.6) is 0 Å². The Labute approximate surface area is 127 Å². The Hall–Kier alpha value is -2.89. The molecule has 0 aliphatic heterocycles. The van der Waals surface area contributed by atoms with Crippen LogP contribution >= 0.6 is 0 Å². The molecule has 2 aromatic rings. The summed E-state index contributed by atoms with van der Waals surface area (Å²) in [6, 6.07) is 13.9. The highest BCUT2D eigenvalue weighted by atomic mass is 16.6. The molecule has 2 aromatic carbocycles. The second-order valence-electron chi connectivity index (χ2n) is 5.23. The second kappa shape index (κ2) is 5.85. The van der Waals surface area contributed by atoms with E-state index in [1.807, 2.05) is 30.3 Å². The van der Waals surface area contributed by atoms with Crippen molar-refractivity contribution in [2.45, 2.75) is 18.9 Å². The minimum absolute atomic E-state index is 0.118. The minimum atomic E-state index is -0.487. The zero-order chi connectivity index (χ0) is 15.5. The summed E-state index contributed by atoms with van der Waals surface area (Å²) < 4.78 is 0. The maximum Gasteiger partial charge on any atom is 0.293 e. The topological polar surface area (TPSA) is 84.3 Å². The highest BCUT2D eigenvalue weighted by molar-refractivity contribution is 5.96. The maximum atomic E-state index is 12.0.